The first kappa shape index (κ1) is 24.4. The molecule has 172 valence electrons. The van der Waals surface area contributed by atoms with Gasteiger partial charge in [-0.25, -0.2) is 9.78 Å². The smallest absolute Gasteiger partial charge is 0.330 e. The van der Waals surface area contributed by atoms with E-state index in [1.807, 2.05) is 13.8 Å². The van der Waals surface area contributed by atoms with Crippen LogP contribution in [-0.2, 0) is 34.0 Å². The van der Waals surface area contributed by atoms with E-state index in [9.17, 15) is 19.2 Å². The van der Waals surface area contributed by atoms with Crippen molar-refractivity contribution in [2.75, 3.05) is 6.54 Å². The summed E-state index contributed by atoms with van der Waals surface area (Å²) in [6.45, 7) is 7.00. The molecule has 2 aromatic rings. The number of hydrogen-bond acceptors (Lipinski definition) is 6. The van der Waals surface area contributed by atoms with E-state index < -0.39 is 11.2 Å². The number of nitrogens with one attached hydrogen (secondary N) is 2. The lowest BCUT2D eigenvalue weighted by Crippen LogP contribution is -2.31. The third-order valence-electron chi connectivity index (χ3n) is 4.94. The Bertz CT molecular complexity index is 1000. The van der Waals surface area contributed by atoms with Crippen molar-refractivity contribution in [3.63, 3.8) is 0 Å². The lowest BCUT2D eigenvalue weighted by atomic mass is 10.2. The van der Waals surface area contributed by atoms with Gasteiger partial charge in [-0.2, -0.15) is 0 Å². The summed E-state index contributed by atoms with van der Waals surface area (Å²) in [5.41, 5.74) is -0.290. The fourth-order valence-electron chi connectivity index (χ4n) is 3.37. The second-order valence-corrected chi connectivity index (χ2v) is 7.57. The number of unbranched alkanes of at least 4 members (excludes halogenated alkanes) is 3. The zero-order chi connectivity index (χ0) is 22.8. The average Bonchev–Trinajstić information content (AvgIpc) is 3.07. The van der Waals surface area contributed by atoms with E-state index in [1.165, 1.54) is 11.5 Å². The average molecular weight is 436 g/mol. The Morgan fingerprint density at radius 1 is 1.03 bits per heavy atom. The number of nitrogens with zero attached hydrogens (tertiary/aromatic N) is 3. The predicted octanol–water partition coefficient (Wildman–Crippen LogP) is 1.84. The highest BCUT2D eigenvalue weighted by molar-refractivity contribution is 5.73. The van der Waals surface area contributed by atoms with E-state index in [2.05, 4.69) is 15.3 Å². The van der Waals surface area contributed by atoms with Crippen molar-refractivity contribution in [2.24, 2.45) is 0 Å². The fourth-order valence-corrected chi connectivity index (χ4v) is 3.37. The van der Waals surface area contributed by atoms with Crippen LogP contribution in [0.25, 0.3) is 11.2 Å². The minimum atomic E-state index is -0.481. The summed E-state index contributed by atoms with van der Waals surface area (Å²) in [7, 11) is 0. The van der Waals surface area contributed by atoms with Crippen LogP contribution in [-0.4, -0.2) is 37.5 Å². The van der Waals surface area contributed by atoms with E-state index in [4.69, 9.17) is 4.74 Å². The van der Waals surface area contributed by atoms with Crippen LogP contribution >= 0.6 is 0 Å². The molecule has 0 atom stereocenters. The molecule has 0 saturated carbocycles. The molecule has 0 saturated heterocycles. The maximum Gasteiger partial charge on any atom is 0.330 e. The van der Waals surface area contributed by atoms with E-state index in [1.54, 1.807) is 4.57 Å². The topological polar surface area (TPSA) is 128 Å². The summed E-state index contributed by atoms with van der Waals surface area (Å²) in [5.74, 6) is 0.0532. The Kier molecular flexibility index (Phi) is 9.48. The van der Waals surface area contributed by atoms with E-state index in [0.717, 1.165) is 32.1 Å². The van der Waals surface area contributed by atoms with Gasteiger partial charge in [-0.15, -0.1) is 0 Å². The van der Waals surface area contributed by atoms with Crippen LogP contribution in [0.5, 0.6) is 0 Å². The molecule has 0 unspecified atom stereocenters. The van der Waals surface area contributed by atoms with Gasteiger partial charge >= 0.3 is 11.7 Å². The summed E-state index contributed by atoms with van der Waals surface area (Å²) in [6, 6.07) is 0. The number of carbonyl (C=O) groups excluding carboxylic acids is 2. The highest BCUT2D eigenvalue weighted by atomic mass is 16.5. The Morgan fingerprint density at radius 2 is 1.81 bits per heavy atom. The minimum absolute atomic E-state index is 0.0547. The van der Waals surface area contributed by atoms with Crippen molar-refractivity contribution in [3.05, 3.63) is 26.7 Å². The third kappa shape index (κ3) is 6.80. The number of carbonyl (C=O) groups is 2. The molecule has 0 bridgehead atoms. The molecule has 2 N–H and O–H groups in total. The monoisotopic (exact) mass is 435 g/mol. The molecule has 1 amide bonds. The van der Waals surface area contributed by atoms with E-state index in [0.29, 0.717) is 43.0 Å². The Hall–Kier alpha value is -2.91. The van der Waals surface area contributed by atoms with Gasteiger partial charge < -0.3 is 14.6 Å². The number of ether oxygens (including phenoxy) is 1. The first-order valence-corrected chi connectivity index (χ1v) is 11.0. The van der Waals surface area contributed by atoms with Gasteiger partial charge in [0.15, 0.2) is 11.2 Å². The first-order chi connectivity index (χ1) is 14.9. The second kappa shape index (κ2) is 12.1. The zero-order valence-corrected chi connectivity index (χ0v) is 18.7. The second-order valence-electron chi connectivity index (χ2n) is 7.57. The Balaban J connectivity index is 2.09. The molecule has 0 radical (unpaired) electrons. The summed E-state index contributed by atoms with van der Waals surface area (Å²) < 4.78 is 8.60. The highest BCUT2D eigenvalue weighted by Gasteiger charge is 2.19. The molecular formula is C21H33N5O5. The molecule has 2 aromatic heterocycles. The lowest BCUT2D eigenvalue weighted by molar-refractivity contribution is -0.145. The molecule has 0 spiro atoms. The predicted molar refractivity (Wildman–Crippen MR) is 117 cm³/mol. The minimum Gasteiger partial charge on any atom is -0.458 e. The van der Waals surface area contributed by atoms with Gasteiger partial charge in [0.2, 0.25) is 5.91 Å². The molecule has 2 rings (SSSR count). The standard InChI is InChI=1S/C21H33N5O5/c1-4-6-13-26-19-18(20(29)24-21(26)30)25(12-5-2)16(23-19)14-31-17(28)10-8-7-9-11-22-15(3)27/h4-14H2,1-3H3,(H,22,27)(H,24,29,30). The van der Waals surface area contributed by atoms with Gasteiger partial charge in [0.25, 0.3) is 5.56 Å². The number of aromatic nitrogens is 4. The molecule has 0 fully saturated rings. The van der Waals surface area contributed by atoms with Gasteiger partial charge in [-0.1, -0.05) is 26.7 Å². The van der Waals surface area contributed by atoms with Gasteiger partial charge in [-0.3, -0.25) is 23.9 Å². The lowest BCUT2D eigenvalue weighted by Gasteiger charge is -2.08. The molecule has 10 nitrogen and oxygen atoms in total. The first-order valence-electron chi connectivity index (χ1n) is 11.0. The third-order valence-corrected chi connectivity index (χ3v) is 4.94. The largest absolute Gasteiger partial charge is 0.458 e. The SMILES string of the molecule is CCCCn1c(=O)[nH]c(=O)c2c1nc(COC(=O)CCCCCNC(C)=O)n2CCC. The Morgan fingerprint density at radius 3 is 2.48 bits per heavy atom. The number of fused-ring (bicyclic) bond motifs is 1. The number of aryl methyl sites for hydroxylation is 2. The fraction of sp³-hybridized carbons (Fsp3) is 0.667. The summed E-state index contributed by atoms with van der Waals surface area (Å²) in [4.78, 5) is 54.6. The molecule has 10 heteroatoms. The summed E-state index contributed by atoms with van der Waals surface area (Å²) >= 11 is 0. The molecule has 0 aromatic carbocycles. The van der Waals surface area contributed by atoms with E-state index in [-0.39, 0.29) is 24.9 Å². The molecule has 2 heterocycles. The highest BCUT2D eigenvalue weighted by Crippen LogP contribution is 2.14. The molecule has 0 aliphatic rings. The van der Waals surface area contributed by atoms with Crippen molar-refractivity contribution in [1.82, 2.24) is 24.4 Å². The quantitative estimate of drug-likeness (QED) is 0.365. The summed E-state index contributed by atoms with van der Waals surface area (Å²) in [6.07, 6.45) is 5.00. The van der Waals surface area contributed by atoms with Crippen LogP contribution in [0.4, 0.5) is 0 Å². The van der Waals surface area contributed by atoms with Crippen molar-refractivity contribution >= 4 is 23.0 Å². The molecule has 0 aliphatic carbocycles. The number of amides is 1. The van der Waals surface area contributed by atoms with Crippen LogP contribution in [0.3, 0.4) is 0 Å². The van der Waals surface area contributed by atoms with Crippen molar-refractivity contribution < 1.29 is 14.3 Å². The van der Waals surface area contributed by atoms with Gasteiger partial charge in [-0.05, 0) is 25.7 Å². The number of imidazole rings is 1. The molecule has 31 heavy (non-hydrogen) atoms. The van der Waals surface area contributed by atoms with Crippen LogP contribution < -0.4 is 16.6 Å². The van der Waals surface area contributed by atoms with Crippen LogP contribution in [0.2, 0.25) is 0 Å². The maximum atomic E-state index is 12.5. The zero-order valence-electron chi connectivity index (χ0n) is 18.7. The normalized spacial score (nSPS) is 11.1. The van der Waals surface area contributed by atoms with Crippen molar-refractivity contribution in [2.45, 2.75) is 85.4 Å². The maximum absolute atomic E-state index is 12.5. The van der Waals surface area contributed by atoms with Crippen molar-refractivity contribution in [3.8, 4) is 0 Å². The van der Waals surface area contributed by atoms with Crippen LogP contribution in [0, 0.1) is 0 Å². The van der Waals surface area contributed by atoms with Crippen molar-refractivity contribution in [1.29, 1.82) is 0 Å². The molecule has 0 aliphatic heterocycles. The Labute approximate surface area is 181 Å². The number of esters is 1. The van der Waals surface area contributed by atoms with E-state index >= 15 is 0 Å². The van der Waals surface area contributed by atoms with Crippen LogP contribution in [0.1, 0.15) is 71.5 Å². The number of rotatable bonds is 13. The molecular weight excluding hydrogens is 402 g/mol. The number of aromatic amines is 1. The van der Waals surface area contributed by atoms with Gasteiger partial charge in [0.05, 0.1) is 0 Å². The van der Waals surface area contributed by atoms with Gasteiger partial charge in [0, 0.05) is 33.0 Å². The number of hydrogen-bond donors (Lipinski definition) is 2. The summed E-state index contributed by atoms with van der Waals surface area (Å²) in [5, 5.41) is 2.72. The van der Waals surface area contributed by atoms with Crippen LogP contribution in [0.15, 0.2) is 9.59 Å². The number of H-pyrrole nitrogens is 1. The van der Waals surface area contributed by atoms with Gasteiger partial charge in [0.1, 0.15) is 12.4 Å².